The minimum Gasteiger partial charge on any atom is -0.338 e. The molecule has 6 nitrogen and oxygen atoms in total. The Bertz CT molecular complexity index is 789. The predicted molar refractivity (Wildman–Crippen MR) is 91.5 cm³/mol. The Kier molecular flexibility index (Phi) is 3.77. The maximum atomic E-state index is 13.1. The Labute approximate surface area is 146 Å². The first-order chi connectivity index (χ1) is 11.2. The van der Waals surface area contributed by atoms with Crippen LogP contribution in [0.2, 0.25) is 0 Å². The number of fused-ring (bicyclic) bond motifs is 2. The summed E-state index contributed by atoms with van der Waals surface area (Å²) in [5.41, 5.74) is 2.97. The fraction of sp³-hybridized carbons (Fsp3) is 0.588. The summed E-state index contributed by atoms with van der Waals surface area (Å²) in [5, 5.41) is 8.23. The van der Waals surface area contributed by atoms with Gasteiger partial charge in [0.1, 0.15) is 0 Å². The number of carbonyl (C=O) groups is 1. The zero-order valence-electron chi connectivity index (χ0n) is 13.6. The van der Waals surface area contributed by atoms with E-state index in [1.54, 1.807) is 0 Å². The van der Waals surface area contributed by atoms with Crippen LogP contribution in [-0.4, -0.2) is 47.1 Å². The second kappa shape index (κ2) is 5.70. The van der Waals surface area contributed by atoms with Gasteiger partial charge in [-0.3, -0.25) is 4.79 Å². The summed E-state index contributed by atoms with van der Waals surface area (Å²) in [6.07, 6.45) is 2.30. The highest BCUT2D eigenvalue weighted by Crippen LogP contribution is 2.41. The maximum Gasteiger partial charge on any atom is 0.259 e. The summed E-state index contributed by atoms with van der Waals surface area (Å²) in [5.74, 6) is 1.80. The molecule has 1 amide bonds. The minimum atomic E-state index is 0. The molecule has 2 aromatic rings. The van der Waals surface area contributed by atoms with E-state index in [2.05, 4.69) is 15.5 Å². The van der Waals surface area contributed by atoms with Gasteiger partial charge in [0, 0.05) is 37.8 Å². The second-order valence-corrected chi connectivity index (χ2v) is 7.21. The average molecular weight is 349 g/mol. The highest BCUT2D eigenvalue weighted by molar-refractivity contribution is 6.06. The monoisotopic (exact) mass is 348 g/mol. The average Bonchev–Trinajstić information content (AvgIpc) is 3.01. The van der Waals surface area contributed by atoms with Crippen LogP contribution in [0, 0.1) is 18.8 Å². The van der Waals surface area contributed by atoms with Crippen LogP contribution >= 0.6 is 12.4 Å². The highest BCUT2D eigenvalue weighted by Gasteiger charge is 2.39. The van der Waals surface area contributed by atoms with E-state index >= 15 is 0 Å². The molecule has 0 radical (unpaired) electrons. The maximum absolute atomic E-state index is 13.1. The fourth-order valence-electron chi connectivity index (χ4n) is 4.06. The summed E-state index contributed by atoms with van der Waals surface area (Å²) in [6, 6.07) is 1.99. The molecule has 5 rings (SSSR count). The zero-order chi connectivity index (χ0) is 15.6. The standard InChI is InChI=1S/C17H20N4O2.ClH/c1-9-15-13(4-14(10-2-3-10)19-16(15)23-20-9)17(22)21-7-11-5-18-6-12(11)8-21;/h4,10-12,18H,2-3,5-8H2,1H3;1H/t11-,12+;. The Balaban J connectivity index is 0.00000146. The Morgan fingerprint density at radius 3 is 2.67 bits per heavy atom. The number of hydrogen-bond donors (Lipinski definition) is 1. The van der Waals surface area contributed by atoms with Gasteiger partial charge in [0.25, 0.3) is 11.6 Å². The number of amides is 1. The summed E-state index contributed by atoms with van der Waals surface area (Å²) in [4.78, 5) is 19.7. The molecule has 2 aromatic heterocycles. The third-order valence-corrected chi connectivity index (χ3v) is 5.54. The number of hydrogen-bond acceptors (Lipinski definition) is 5. The molecule has 0 unspecified atom stereocenters. The van der Waals surface area contributed by atoms with Gasteiger partial charge in [0.05, 0.1) is 16.6 Å². The second-order valence-electron chi connectivity index (χ2n) is 7.21. The van der Waals surface area contributed by atoms with Crippen molar-refractivity contribution < 1.29 is 9.32 Å². The normalized spacial score (nSPS) is 25.8. The number of pyridine rings is 1. The van der Waals surface area contributed by atoms with Crippen molar-refractivity contribution in [1.82, 2.24) is 20.4 Å². The molecule has 24 heavy (non-hydrogen) atoms. The lowest BCUT2D eigenvalue weighted by Gasteiger charge is -2.18. The van der Waals surface area contributed by atoms with Crippen molar-refractivity contribution in [2.24, 2.45) is 11.8 Å². The third kappa shape index (κ3) is 2.40. The first kappa shape index (κ1) is 15.8. The molecule has 2 atom stereocenters. The van der Waals surface area contributed by atoms with Crippen LogP contribution in [0.3, 0.4) is 0 Å². The number of nitrogens with zero attached hydrogens (tertiary/aromatic N) is 3. The molecule has 1 saturated carbocycles. The smallest absolute Gasteiger partial charge is 0.259 e. The van der Waals surface area contributed by atoms with Crippen LogP contribution in [-0.2, 0) is 0 Å². The molecule has 0 bridgehead atoms. The molecule has 1 aliphatic carbocycles. The summed E-state index contributed by atoms with van der Waals surface area (Å²) in [7, 11) is 0. The lowest BCUT2D eigenvalue weighted by molar-refractivity contribution is 0.0783. The van der Waals surface area contributed by atoms with Crippen LogP contribution in [0.25, 0.3) is 11.1 Å². The number of nitrogens with one attached hydrogen (secondary N) is 1. The molecule has 2 aliphatic heterocycles. The molecule has 0 aromatic carbocycles. The largest absolute Gasteiger partial charge is 0.338 e. The van der Waals surface area contributed by atoms with Crippen LogP contribution in [0.4, 0.5) is 0 Å². The number of aromatic nitrogens is 2. The van der Waals surface area contributed by atoms with E-state index in [9.17, 15) is 4.79 Å². The van der Waals surface area contributed by atoms with E-state index in [1.807, 2.05) is 17.9 Å². The molecule has 1 N–H and O–H groups in total. The van der Waals surface area contributed by atoms with Crippen molar-refractivity contribution in [3.63, 3.8) is 0 Å². The lowest BCUT2D eigenvalue weighted by atomic mass is 10.0. The molecule has 128 valence electrons. The van der Waals surface area contributed by atoms with Gasteiger partial charge in [0.15, 0.2) is 0 Å². The van der Waals surface area contributed by atoms with E-state index in [-0.39, 0.29) is 18.3 Å². The number of likely N-dealkylation sites (tertiary alicyclic amines) is 1. The van der Waals surface area contributed by atoms with Crippen LogP contribution in [0.15, 0.2) is 10.6 Å². The van der Waals surface area contributed by atoms with E-state index in [0.717, 1.165) is 61.4 Å². The van der Waals surface area contributed by atoms with Crippen LogP contribution in [0.5, 0.6) is 0 Å². The Morgan fingerprint density at radius 2 is 2.00 bits per heavy atom. The Hall–Kier alpha value is -1.66. The number of carbonyl (C=O) groups excluding carboxylic acids is 1. The van der Waals surface area contributed by atoms with Crippen molar-refractivity contribution in [3.8, 4) is 0 Å². The highest BCUT2D eigenvalue weighted by atomic mass is 35.5. The SMILES string of the molecule is Cc1noc2nc(C3CC3)cc(C(=O)N3C[C@H]4CNC[C@H]4C3)c12.Cl. The first-order valence-electron chi connectivity index (χ1n) is 8.47. The molecule has 3 fully saturated rings. The van der Waals surface area contributed by atoms with Gasteiger partial charge in [-0.2, -0.15) is 0 Å². The number of halogens is 1. The van der Waals surface area contributed by atoms with E-state index in [0.29, 0.717) is 23.5 Å². The number of rotatable bonds is 2. The van der Waals surface area contributed by atoms with Gasteiger partial charge in [0.2, 0.25) is 0 Å². The Morgan fingerprint density at radius 1 is 1.29 bits per heavy atom. The van der Waals surface area contributed by atoms with Gasteiger partial charge in [-0.15, -0.1) is 12.4 Å². The van der Waals surface area contributed by atoms with Crippen LogP contribution in [0.1, 0.15) is 40.5 Å². The third-order valence-electron chi connectivity index (χ3n) is 5.54. The molecule has 2 saturated heterocycles. The van der Waals surface area contributed by atoms with Crippen molar-refractivity contribution in [3.05, 3.63) is 23.0 Å². The minimum absolute atomic E-state index is 0. The number of aryl methyl sites for hydroxylation is 1. The molecule has 3 aliphatic rings. The van der Waals surface area contributed by atoms with E-state index < -0.39 is 0 Å². The van der Waals surface area contributed by atoms with Gasteiger partial charge in [-0.25, -0.2) is 4.98 Å². The molecule has 7 heteroatoms. The van der Waals surface area contributed by atoms with Crippen molar-refractivity contribution in [2.45, 2.75) is 25.7 Å². The van der Waals surface area contributed by atoms with Gasteiger partial charge in [-0.1, -0.05) is 5.16 Å². The van der Waals surface area contributed by atoms with E-state index in [4.69, 9.17) is 4.52 Å². The predicted octanol–water partition coefficient (Wildman–Crippen LogP) is 2.12. The van der Waals surface area contributed by atoms with Crippen LogP contribution < -0.4 is 5.32 Å². The first-order valence-corrected chi connectivity index (χ1v) is 8.47. The van der Waals surface area contributed by atoms with E-state index in [1.165, 1.54) is 0 Å². The molecular formula is C17H21ClN4O2. The van der Waals surface area contributed by atoms with Gasteiger partial charge < -0.3 is 14.7 Å². The summed E-state index contributed by atoms with van der Waals surface area (Å²) < 4.78 is 5.35. The molecular weight excluding hydrogens is 328 g/mol. The molecule has 4 heterocycles. The fourth-order valence-corrected chi connectivity index (χ4v) is 4.06. The van der Waals surface area contributed by atoms with Crippen molar-refractivity contribution >= 4 is 29.4 Å². The van der Waals surface area contributed by atoms with Crippen molar-refractivity contribution in [2.75, 3.05) is 26.2 Å². The van der Waals surface area contributed by atoms with Crippen molar-refractivity contribution in [1.29, 1.82) is 0 Å². The topological polar surface area (TPSA) is 71.3 Å². The quantitative estimate of drug-likeness (QED) is 0.900. The lowest BCUT2D eigenvalue weighted by Crippen LogP contribution is -2.32. The van der Waals surface area contributed by atoms with Gasteiger partial charge >= 0.3 is 0 Å². The summed E-state index contributed by atoms with van der Waals surface area (Å²) in [6.45, 7) is 5.64. The molecule has 0 spiro atoms. The zero-order valence-corrected chi connectivity index (χ0v) is 14.4. The summed E-state index contributed by atoms with van der Waals surface area (Å²) >= 11 is 0. The van der Waals surface area contributed by atoms with Gasteiger partial charge in [-0.05, 0) is 37.7 Å².